The van der Waals surface area contributed by atoms with Gasteiger partial charge < -0.3 is 10.2 Å². The second-order valence-electron chi connectivity index (χ2n) is 13.5. The minimum Gasteiger partial charge on any atom is -0.481 e. The number of carbonyl (C=O) groups is 1. The zero-order valence-electron chi connectivity index (χ0n) is 22.1. The second-order valence-corrected chi connectivity index (χ2v) is 13.5. The Kier molecular flexibility index (Phi) is 6.78. The summed E-state index contributed by atoms with van der Waals surface area (Å²) in [4.78, 5) is 12.3. The number of aliphatic hydroxyl groups is 1. The van der Waals surface area contributed by atoms with Gasteiger partial charge in [-0.05, 0) is 117 Å². The molecule has 9 unspecified atom stereocenters. The van der Waals surface area contributed by atoms with Crippen molar-refractivity contribution in [1.29, 1.82) is 5.26 Å². The first-order chi connectivity index (χ1) is 16.0. The van der Waals surface area contributed by atoms with E-state index in [-0.39, 0.29) is 11.5 Å². The normalized spacial score (nSPS) is 48.9. The molecule has 0 amide bonds. The highest BCUT2D eigenvalue weighted by atomic mass is 16.4. The van der Waals surface area contributed by atoms with E-state index in [0.717, 1.165) is 44.4 Å². The van der Waals surface area contributed by atoms with E-state index in [1.807, 2.05) is 13.0 Å². The Morgan fingerprint density at radius 2 is 1.59 bits per heavy atom. The van der Waals surface area contributed by atoms with Crippen LogP contribution in [0.4, 0.5) is 0 Å². The molecule has 5 aliphatic carbocycles. The van der Waals surface area contributed by atoms with Crippen LogP contribution in [-0.4, -0.2) is 22.3 Å². The molecule has 0 aromatic rings. The molecule has 0 spiro atoms. The van der Waals surface area contributed by atoms with Crippen molar-refractivity contribution in [1.82, 2.24) is 0 Å². The zero-order chi connectivity index (χ0) is 24.9. The van der Waals surface area contributed by atoms with Crippen molar-refractivity contribution in [3.63, 3.8) is 0 Å². The Morgan fingerprint density at radius 3 is 2.21 bits per heavy atom. The largest absolute Gasteiger partial charge is 0.481 e. The molecule has 0 aliphatic heterocycles. The minimum atomic E-state index is -0.496. The zero-order valence-corrected chi connectivity index (χ0v) is 22.1. The monoisotopic (exact) mass is 469 g/mol. The first kappa shape index (κ1) is 25.7. The van der Waals surface area contributed by atoms with E-state index < -0.39 is 11.4 Å². The summed E-state index contributed by atoms with van der Waals surface area (Å²) in [6.45, 7) is 11.6. The standard InChI is InChI=1S/C26H42O3.C4H5N/c1-23(2)19-10-13-24(3)17-9-15-26(22(28)29)12-5-6-18(26)16(17)7-8-20(24)25(19,4)14-11-21(23)27;1-2-3-4-5/h16-21,27H,5-15H2,1-4H3,(H,28,29);2-3H,1H3/b;3-2+. The van der Waals surface area contributed by atoms with Gasteiger partial charge in [0.1, 0.15) is 0 Å². The molecule has 5 saturated carbocycles. The van der Waals surface area contributed by atoms with Gasteiger partial charge in [0.2, 0.25) is 0 Å². The fourth-order valence-corrected chi connectivity index (χ4v) is 10.6. The summed E-state index contributed by atoms with van der Waals surface area (Å²) in [6, 6.07) is 1.84. The Balaban J connectivity index is 0.000000499. The number of carboxylic acid groups (broad SMARTS) is 1. The molecule has 0 aromatic heterocycles. The van der Waals surface area contributed by atoms with E-state index >= 15 is 0 Å². The number of rotatable bonds is 1. The molecule has 0 aromatic carbocycles. The lowest BCUT2D eigenvalue weighted by atomic mass is 9.36. The molecule has 4 nitrogen and oxygen atoms in total. The van der Waals surface area contributed by atoms with Gasteiger partial charge in [0.05, 0.1) is 17.6 Å². The van der Waals surface area contributed by atoms with E-state index in [9.17, 15) is 15.0 Å². The molecule has 0 radical (unpaired) electrons. The predicted molar refractivity (Wildman–Crippen MR) is 135 cm³/mol. The molecule has 5 fully saturated rings. The Hall–Kier alpha value is -1.34. The number of carboxylic acids is 1. The first-order valence-corrected chi connectivity index (χ1v) is 13.9. The van der Waals surface area contributed by atoms with Gasteiger partial charge in [0, 0.05) is 6.08 Å². The number of hydrogen-bond acceptors (Lipinski definition) is 3. The van der Waals surface area contributed by atoms with Gasteiger partial charge >= 0.3 is 5.97 Å². The average molecular weight is 470 g/mol. The Labute approximate surface area is 207 Å². The van der Waals surface area contributed by atoms with Gasteiger partial charge in [0.15, 0.2) is 0 Å². The van der Waals surface area contributed by atoms with Gasteiger partial charge in [-0.15, -0.1) is 0 Å². The van der Waals surface area contributed by atoms with Crippen LogP contribution in [0.2, 0.25) is 0 Å². The van der Waals surface area contributed by atoms with Gasteiger partial charge in [-0.1, -0.05) is 40.2 Å². The van der Waals surface area contributed by atoms with Crippen LogP contribution in [-0.2, 0) is 4.79 Å². The summed E-state index contributed by atoms with van der Waals surface area (Å²) >= 11 is 0. The Morgan fingerprint density at radius 1 is 0.882 bits per heavy atom. The van der Waals surface area contributed by atoms with Crippen molar-refractivity contribution in [2.24, 2.45) is 51.2 Å². The molecule has 4 heteroatoms. The number of fused-ring (bicyclic) bond motifs is 7. The second kappa shape index (κ2) is 8.95. The number of aliphatic carboxylic acids is 1. The van der Waals surface area contributed by atoms with Gasteiger partial charge in [-0.2, -0.15) is 5.26 Å². The molecule has 34 heavy (non-hydrogen) atoms. The molecule has 0 bridgehead atoms. The van der Waals surface area contributed by atoms with E-state index in [4.69, 9.17) is 5.26 Å². The lowest BCUT2D eigenvalue weighted by Crippen LogP contribution is -2.63. The van der Waals surface area contributed by atoms with Gasteiger partial charge in [0.25, 0.3) is 0 Å². The van der Waals surface area contributed by atoms with Crippen molar-refractivity contribution in [3.8, 4) is 6.07 Å². The van der Waals surface area contributed by atoms with Crippen LogP contribution in [0, 0.1) is 62.6 Å². The van der Waals surface area contributed by atoms with Gasteiger partial charge in [-0.3, -0.25) is 4.79 Å². The summed E-state index contributed by atoms with van der Waals surface area (Å²) in [5, 5.41) is 28.6. The fourth-order valence-electron chi connectivity index (χ4n) is 10.6. The van der Waals surface area contributed by atoms with Crippen LogP contribution in [0.3, 0.4) is 0 Å². The first-order valence-electron chi connectivity index (χ1n) is 13.9. The van der Waals surface area contributed by atoms with E-state index in [1.54, 1.807) is 6.08 Å². The predicted octanol–water partition coefficient (Wildman–Crippen LogP) is 6.98. The maximum atomic E-state index is 12.3. The maximum absolute atomic E-state index is 12.3. The van der Waals surface area contributed by atoms with Crippen LogP contribution < -0.4 is 0 Å². The van der Waals surface area contributed by atoms with Crippen molar-refractivity contribution < 1.29 is 15.0 Å². The quantitative estimate of drug-likeness (QED) is 0.406. The van der Waals surface area contributed by atoms with Crippen molar-refractivity contribution >= 4 is 5.97 Å². The summed E-state index contributed by atoms with van der Waals surface area (Å²) in [6.07, 6.45) is 15.4. The third-order valence-corrected chi connectivity index (χ3v) is 12.2. The number of nitriles is 1. The summed E-state index contributed by atoms with van der Waals surface area (Å²) in [7, 11) is 0. The highest BCUT2D eigenvalue weighted by Gasteiger charge is 2.67. The van der Waals surface area contributed by atoms with E-state index in [2.05, 4.69) is 27.7 Å². The molecular weight excluding hydrogens is 422 g/mol. The molecule has 190 valence electrons. The summed E-state index contributed by atoms with van der Waals surface area (Å²) in [5.74, 6) is 2.62. The SMILES string of the molecule is C/C=C/C#N.CC1(C)C(O)CCC2(C)C1CCC1(C)C3CCC4(C(=O)O)CCCC4C3CCC12. The summed E-state index contributed by atoms with van der Waals surface area (Å²) < 4.78 is 0. The molecule has 2 N–H and O–H groups in total. The van der Waals surface area contributed by atoms with E-state index in [1.165, 1.54) is 38.2 Å². The smallest absolute Gasteiger partial charge is 0.309 e. The number of allylic oxidation sites excluding steroid dienone is 2. The maximum Gasteiger partial charge on any atom is 0.309 e. The van der Waals surface area contributed by atoms with E-state index in [0.29, 0.717) is 34.5 Å². The molecule has 5 aliphatic rings. The van der Waals surface area contributed by atoms with Crippen LogP contribution in [0.15, 0.2) is 12.2 Å². The van der Waals surface area contributed by atoms with Crippen molar-refractivity contribution in [2.45, 2.75) is 111 Å². The molecular formula is C30H47NO3. The molecule has 5 rings (SSSR count). The number of hydrogen-bond donors (Lipinski definition) is 2. The van der Waals surface area contributed by atoms with Crippen LogP contribution in [0.25, 0.3) is 0 Å². The molecule has 0 saturated heterocycles. The number of aliphatic hydroxyl groups excluding tert-OH is 1. The van der Waals surface area contributed by atoms with Gasteiger partial charge in [-0.25, -0.2) is 0 Å². The molecule has 9 atom stereocenters. The van der Waals surface area contributed by atoms with Crippen molar-refractivity contribution in [3.05, 3.63) is 12.2 Å². The third-order valence-electron chi connectivity index (χ3n) is 12.2. The molecule has 0 heterocycles. The highest BCUT2D eigenvalue weighted by Crippen LogP contribution is 2.72. The topological polar surface area (TPSA) is 81.3 Å². The third kappa shape index (κ3) is 3.59. The fraction of sp³-hybridized carbons (Fsp3) is 0.867. The van der Waals surface area contributed by atoms with Crippen LogP contribution in [0.1, 0.15) is 105 Å². The van der Waals surface area contributed by atoms with Crippen molar-refractivity contribution in [2.75, 3.05) is 0 Å². The van der Waals surface area contributed by atoms with Crippen LogP contribution in [0.5, 0.6) is 0 Å². The lowest BCUT2D eigenvalue weighted by Gasteiger charge is -2.69. The van der Waals surface area contributed by atoms with Crippen LogP contribution >= 0.6 is 0 Å². The average Bonchev–Trinajstić information content (AvgIpc) is 3.23. The minimum absolute atomic E-state index is 0.0155. The summed E-state index contributed by atoms with van der Waals surface area (Å²) in [5.41, 5.74) is 0.307. The Bertz CT molecular complexity index is 858. The lowest BCUT2D eigenvalue weighted by molar-refractivity contribution is -0.216. The number of nitrogens with zero attached hydrogens (tertiary/aromatic N) is 1. The highest BCUT2D eigenvalue weighted by molar-refractivity contribution is 5.75.